The van der Waals surface area contributed by atoms with Crippen LogP contribution in [-0.4, -0.2) is 43.2 Å². The zero-order valence-electron chi connectivity index (χ0n) is 19.2. The molecule has 5 nitrogen and oxygen atoms in total. The van der Waals surface area contributed by atoms with E-state index in [-0.39, 0.29) is 18.0 Å². The lowest BCUT2D eigenvalue weighted by atomic mass is 9.93. The van der Waals surface area contributed by atoms with Crippen molar-refractivity contribution >= 4 is 11.6 Å². The number of benzene rings is 2. The Morgan fingerprint density at radius 1 is 1.06 bits per heavy atom. The van der Waals surface area contributed by atoms with E-state index in [1.165, 1.54) is 0 Å². The number of carbonyl (C=O) groups is 1. The highest BCUT2D eigenvalue weighted by Crippen LogP contribution is 2.28. The number of hydrogen-bond acceptors (Lipinski definition) is 5. The maximum absolute atomic E-state index is 13.0. The number of ether oxygens (including phenoxy) is 2. The second kappa shape index (κ2) is 9.53. The molecule has 0 amide bonds. The number of pyridine rings is 1. The fraction of sp³-hybridized carbons (Fsp3) is 0.333. The molecular formula is C27H30N2O3. The van der Waals surface area contributed by atoms with Gasteiger partial charge in [0, 0.05) is 31.3 Å². The smallest absolute Gasteiger partial charge is 0.168 e. The van der Waals surface area contributed by atoms with Gasteiger partial charge in [0.05, 0.1) is 19.3 Å². The van der Waals surface area contributed by atoms with Gasteiger partial charge < -0.3 is 14.4 Å². The van der Waals surface area contributed by atoms with Gasteiger partial charge in [0.15, 0.2) is 5.78 Å². The van der Waals surface area contributed by atoms with Crippen molar-refractivity contribution in [3.63, 3.8) is 0 Å². The minimum atomic E-state index is 0.0720. The normalized spacial score (nSPS) is 18.4. The summed E-state index contributed by atoms with van der Waals surface area (Å²) in [5.74, 6) is 1.79. The summed E-state index contributed by atoms with van der Waals surface area (Å²) < 4.78 is 11.1. The van der Waals surface area contributed by atoms with Gasteiger partial charge in [0.25, 0.3) is 0 Å². The number of morpholine rings is 1. The summed E-state index contributed by atoms with van der Waals surface area (Å²) in [6.07, 6.45) is 2.39. The third-order valence-electron chi connectivity index (χ3n) is 6.01. The van der Waals surface area contributed by atoms with Crippen molar-refractivity contribution in [2.24, 2.45) is 0 Å². The zero-order chi connectivity index (χ0) is 22.7. The van der Waals surface area contributed by atoms with Gasteiger partial charge >= 0.3 is 0 Å². The molecule has 0 bridgehead atoms. The Morgan fingerprint density at radius 3 is 2.41 bits per heavy atom. The van der Waals surface area contributed by atoms with E-state index in [0.29, 0.717) is 12.0 Å². The van der Waals surface area contributed by atoms with Crippen LogP contribution in [0.15, 0.2) is 60.8 Å². The first kappa shape index (κ1) is 22.0. The maximum atomic E-state index is 13.0. The second-order valence-corrected chi connectivity index (χ2v) is 8.49. The predicted molar refractivity (Wildman–Crippen MR) is 128 cm³/mol. The van der Waals surface area contributed by atoms with Crippen molar-refractivity contribution in [1.29, 1.82) is 0 Å². The summed E-state index contributed by atoms with van der Waals surface area (Å²) in [5.41, 5.74) is 5.02. The van der Waals surface area contributed by atoms with E-state index in [4.69, 9.17) is 9.47 Å². The molecule has 1 aliphatic heterocycles. The molecule has 1 saturated heterocycles. The molecule has 2 heterocycles. The van der Waals surface area contributed by atoms with E-state index >= 15 is 0 Å². The van der Waals surface area contributed by atoms with Crippen molar-refractivity contribution in [3.05, 3.63) is 77.5 Å². The largest absolute Gasteiger partial charge is 0.497 e. The van der Waals surface area contributed by atoms with Crippen LogP contribution in [0.3, 0.4) is 0 Å². The van der Waals surface area contributed by atoms with Crippen LogP contribution in [0.5, 0.6) is 5.75 Å². The molecule has 0 radical (unpaired) electrons. The Morgan fingerprint density at radius 2 is 1.78 bits per heavy atom. The third kappa shape index (κ3) is 4.83. The SMILES string of the molecule is COc1ccc(-c2cccc(CC(=O)c3ccc(N4CC(C)OC(C)C4)nc3)c2C)cc1. The molecule has 1 aromatic heterocycles. The van der Waals surface area contributed by atoms with Crippen molar-refractivity contribution < 1.29 is 14.3 Å². The monoisotopic (exact) mass is 430 g/mol. The van der Waals surface area contributed by atoms with Gasteiger partial charge in [-0.2, -0.15) is 0 Å². The Bertz CT molecular complexity index is 1070. The third-order valence-corrected chi connectivity index (χ3v) is 6.01. The van der Waals surface area contributed by atoms with Crippen molar-refractivity contribution in [1.82, 2.24) is 4.98 Å². The number of carbonyl (C=O) groups excluding carboxylic acids is 1. The number of nitrogens with zero attached hydrogens (tertiary/aromatic N) is 2. The Hall–Kier alpha value is -3.18. The lowest BCUT2D eigenvalue weighted by Crippen LogP contribution is -2.45. The molecule has 166 valence electrons. The molecule has 2 atom stereocenters. The van der Waals surface area contributed by atoms with E-state index in [9.17, 15) is 4.79 Å². The molecule has 0 aliphatic carbocycles. The lowest BCUT2D eigenvalue weighted by Gasteiger charge is -2.36. The van der Waals surface area contributed by atoms with Crippen LogP contribution >= 0.6 is 0 Å². The van der Waals surface area contributed by atoms with E-state index in [1.54, 1.807) is 13.3 Å². The Labute approximate surface area is 190 Å². The lowest BCUT2D eigenvalue weighted by molar-refractivity contribution is -0.00546. The van der Waals surface area contributed by atoms with Crippen molar-refractivity contribution in [2.75, 3.05) is 25.1 Å². The molecule has 5 heteroatoms. The van der Waals surface area contributed by atoms with Crippen molar-refractivity contribution in [3.8, 4) is 16.9 Å². The van der Waals surface area contributed by atoms with E-state index in [2.05, 4.69) is 36.7 Å². The van der Waals surface area contributed by atoms with Gasteiger partial charge in [-0.3, -0.25) is 4.79 Å². The van der Waals surface area contributed by atoms with Crippen molar-refractivity contribution in [2.45, 2.75) is 39.4 Å². The second-order valence-electron chi connectivity index (χ2n) is 8.49. The van der Waals surface area contributed by atoms with E-state index < -0.39 is 0 Å². The van der Waals surface area contributed by atoms with Gasteiger partial charge in [-0.1, -0.05) is 30.3 Å². The maximum Gasteiger partial charge on any atom is 0.168 e. The van der Waals surface area contributed by atoms with Crippen LogP contribution in [0.2, 0.25) is 0 Å². The first-order valence-corrected chi connectivity index (χ1v) is 11.1. The molecule has 0 saturated carbocycles. The standard InChI is InChI=1S/C27H30N2O3/c1-18-16-29(17-19(2)32-18)27-13-10-23(15-28-27)26(30)14-22-6-5-7-25(20(22)3)21-8-11-24(31-4)12-9-21/h5-13,15,18-19H,14,16-17H2,1-4H3. The molecule has 2 unspecified atom stereocenters. The number of methoxy groups -OCH3 is 1. The van der Waals surface area contributed by atoms with E-state index in [0.717, 1.165) is 46.9 Å². The molecule has 2 aromatic carbocycles. The topological polar surface area (TPSA) is 51.7 Å². The summed E-state index contributed by atoms with van der Waals surface area (Å²) >= 11 is 0. The molecule has 3 aromatic rings. The predicted octanol–water partition coefficient (Wildman–Crippen LogP) is 5.10. The quantitative estimate of drug-likeness (QED) is 0.509. The van der Waals surface area contributed by atoms with Crippen LogP contribution in [0.4, 0.5) is 5.82 Å². The van der Waals surface area contributed by atoms with Gasteiger partial charge in [0.2, 0.25) is 0 Å². The summed E-state index contributed by atoms with van der Waals surface area (Å²) in [5, 5.41) is 0. The number of ketones is 1. The van der Waals surface area contributed by atoms with E-state index in [1.807, 2.05) is 48.5 Å². The van der Waals surface area contributed by atoms with Gasteiger partial charge in [-0.25, -0.2) is 4.98 Å². The number of Topliss-reactive ketones (excluding diaryl/α,β-unsaturated/α-hetero) is 1. The molecule has 0 N–H and O–H groups in total. The fourth-order valence-electron chi connectivity index (χ4n) is 4.34. The minimum Gasteiger partial charge on any atom is -0.497 e. The molecule has 1 aliphatic rings. The minimum absolute atomic E-state index is 0.0720. The van der Waals surface area contributed by atoms with Crippen LogP contribution in [0.25, 0.3) is 11.1 Å². The van der Waals surface area contributed by atoms with Gasteiger partial charge in [-0.05, 0) is 67.3 Å². The number of aromatic nitrogens is 1. The summed E-state index contributed by atoms with van der Waals surface area (Å²) in [6, 6.07) is 18.0. The average Bonchev–Trinajstić information content (AvgIpc) is 2.80. The molecular weight excluding hydrogens is 400 g/mol. The summed E-state index contributed by atoms with van der Waals surface area (Å²) in [4.78, 5) is 19.8. The zero-order valence-corrected chi connectivity index (χ0v) is 19.2. The highest BCUT2D eigenvalue weighted by Gasteiger charge is 2.23. The Kier molecular flexibility index (Phi) is 6.56. The number of hydrogen-bond donors (Lipinski definition) is 0. The summed E-state index contributed by atoms with van der Waals surface area (Å²) in [7, 11) is 1.66. The molecule has 32 heavy (non-hydrogen) atoms. The highest BCUT2D eigenvalue weighted by atomic mass is 16.5. The van der Waals surface area contributed by atoms with Crippen LogP contribution in [0, 0.1) is 6.92 Å². The highest BCUT2D eigenvalue weighted by molar-refractivity contribution is 5.97. The fourth-order valence-corrected chi connectivity index (χ4v) is 4.34. The van der Waals surface area contributed by atoms with Crippen LogP contribution < -0.4 is 9.64 Å². The van der Waals surface area contributed by atoms with Crippen LogP contribution in [-0.2, 0) is 11.2 Å². The first-order chi connectivity index (χ1) is 15.4. The average molecular weight is 431 g/mol. The number of anilines is 1. The number of rotatable bonds is 6. The summed E-state index contributed by atoms with van der Waals surface area (Å²) in [6.45, 7) is 7.83. The Balaban J connectivity index is 1.49. The van der Waals surface area contributed by atoms with Crippen LogP contribution in [0.1, 0.15) is 35.3 Å². The van der Waals surface area contributed by atoms with Gasteiger partial charge in [0.1, 0.15) is 11.6 Å². The molecule has 4 rings (SSSR count). The molecule has 0 spiro atoms. The first-order valence-electron chi connectivity index (χ1n) is 11.1. The van der Waals surface area contributed by atoms with Gasteiger partial charge in [-0.15, -0.1) is 0 Å². The molecule has 1 fully saturated rings.